The second-order valence-corrected chi connectivity index (χ2v) is 11.4. The van der Waals surface area contributed by atoms with Gasteiger partial charge in [-0.25, -0.2) is 27.8 Å². The molecule has 0 aliphatic carbocycles. The number of anilines is 2. The van der Waals surface area contributed by atoms with Crippen molar-refractivity contribution >= 4 is 38.2 Å². The zero-order valence-electron chi connectivity index (χ0n) is 19.6. The number of benzene rings is 1. The number of nitrogens with two attached hydrogens (primary N) is 1. The zero-order chi connectivity index (χ0) is 24.9. The lowest BCUT2D eigenvalue weighted by Gasteiger charge is -2.44. The minimum atomic E-state index is -3.77. The maximum Gasteiger partial charge on any atom is 0.168 e. The number of methoxy groups -OCH3 is 1. The predicted octanol–water partition coefficient (Wildman–Crippen LogP) is 3.47. The van der Waals surface area contributed by atoms with Gasteiger partial charge in [-0.1, -0.05) is 6.92 Å². The van der Waals surface area contributed by atoms with E-state index in [1.165, 1.54) is 31.6 Å². The summed E-state index contributed by atoms with van der Waals surface area (Å²) in [4.78, 5) is 17.4. The molecule has 34 heavy (non-hydrogen) atoms. The van der Waals surface area contributed by atoms with Gasteiger partial charge in [0.05, 0.1) is 24.1 Å². The minimum absolute atomic E-state index is 0.0201. The van der Waals surface area contributed by atoms with E-state index >= 15 is 4.39 Å². The van der Waals surface area contributed by atoms with E-state index in [1.807, 2.05) is 0 Å². The minimum Gasteiger partial charge on any atom is -0.495 e. The third-order valence-electron chi connectivity index (χ3n) is 6.91. The Balaban J connectivity index is 1.80. The van der Waals surface area contributed by atoms with Gasteiger partial charge in [0.1, 0.15) is 39.5 Å². The second kappa shape index (κ2) is 8.15. The van der Waals surface area contributed by atoms with Gasteiger partial charge in [0.25, 0.3) is 0 Å². The van der Waals surface area contributed by atoms with Crippen LogP contribution in [-0.2, 0) is 15.4 Å². The average molecular weight is 487 g/mol. The molecule has 1 aliphatic rings. The normalized spacial score (nSPS) is 26.2. The molecule has 11 heteroatoms. The standard InChI is InChI=1S/C23H27FN6O3S/c1-6-22(3)21(25)30-23(4,13(2)34(22,31)32)16-9-14(7-8-17(16)24)29-20-19-18(27-12-28-20)10-15(33-5)11-26-19/h7-13H,6H2,1-5H3,(H2,25,30)(H,27,28,29)/t13-,22+,23-/m0/s1. The van der Waals surface area contributed by atoms with Crippen LogP contribution in [0.1, 0.15) is 39.7 Å². The van der Waals surface area contributed by atoms with Crippen molar-refractivity contribution in [3.8, 4) is 5.75 Å². The summed E-state index contributed by atoms with van der Waals surface area (Å²) in [6.45, 7) is 6.45. The summed E-state index contributed by atoms with van der Waals surface area (Å²) in [5, 5.41) is 2.13. The van der Waals surface area contributed by atoms with Gasteiger partial charge in [-0.15, -0.1) is 0 Å². The van der Waals surface area contributed by atoms with Crippen molar-refractivity contribution in [1.82, 2.24) is 15.0 Å². The van der Waals surface area contributed by atoms with E-state index in [9.17, 15) is 8.42 Å². The van der Waals surface area contributed by atoms with Gasteiger partial charge in [0.15, 0.2) is 15.7 Å². The van der Waals surface area contributed by atoms with Crippen molar-refractivity contribution in [3.63, 3.8) is 0 Å². The third-order valence-corrected chi connectivity index (χ3v) is 10.1. The number of nitrogens with one attached hydrogen (secondary N) is 1. The van der Waals surface area contributed by atoms with E-state index in [0.717, 1.165) is 0 Å². The molecule has 0 saturated heterocycles. The lowest BCUT2D eigenvalue weighted by molar-refractivity contribution is 0.413. The molecule has 0 spiro atoms. The Kier molecular flexibility index (Phi) is 5.71. The molecule has 4 rings (SSSR count). The van der Waals surface area contributed by atoms with Gasteiger partial charge in [0.2, 0.25) is 0 Å². The topological polar surface area (TPSA) is 132 Å². The van der Waals surface area contributed by atoms with Crippen LogP contribution in [0, 0.1) is 5.82 Å². The molecular weight excluding hydrogens is 459 g/mol. The summed E-state index contributed by atoms with van der Waals surface area (Å²) in [6, 6.07) is 6.06. The number of halogens is 1. The fourth-order valence-corrected chi connectivity index (χ4v) is 6.52. The molecule has 3 atom stereocenters. The van der Waals surface area contributed by atoms with Crippen LogP contribution in [0.3, 0.4) is 0 Å². The number of fused-ring (bicyclic) bond motifs is 1. The fraction of sp³-hybridized carbons (Fsp3) is 0.391. The largest absolute Gasteiger partial charge is 0.495 e. The maximum atomic E-state index is 15.1. The molecule has 0 bridgehead atoms. The molecule has 180 valence electrons. The molecule has 0 saturated carbocycles. The van der Waals surface area contributed by atoms with E-state index < -0.39 is 31.2 Å². The first-order valence-corrected chi connectivity index (χ1v) is 12.3. The molecule has 1 aliphatic heterocycles. The van der Waals surface area contributed by atoms with Crippen LogP contribution in [0.2, 0.25) is 0 Å². The van der Waals surface area contributed by atoms with E-state index in [4.69, 9.17) is 10.5 Å². The highest BCUT2D eigenvalue weighted by Crippen LogP contribution is 2.44. The van der Waals surface area contributed by atoms with Gasteiger partial charge in [-0.05, 0) is 45.4 Å². The summed E-state index contributed by atoms with van der Waals surface area (Å²) in [6.07, 6.45) is 3.20. The Morgan fingerprint density at radius 2 is 1.94 bits per heavy atom. The van der Waals surface area contributed by atoms with Crippen molar-refractivity contribution in [1.29, 1.82) is 0 Å². The van der Waals surface area contributed by atoms with Crippen LogP contribution < -0.4 is 15.8 Å². The number of hydrogen-bond donors (Lipinski definition) is 2. The highest BCUT2D eigenvalue weighted by Gasteiger charge is 2.56. The number of sulfone groups is 1. The van der Waals surface area contributed by atoms with Crippen LogP contribution in [0.15, 0.2) is 41.8 Å². The number of aromatic nitrogens is 3. The first-order valence-electron chi connectivity index (χ1n) is 10.8. The summed E-state index contributed by atoms with van der Waals surface area (Å²) in [5.74, 6) is 0.355. The number of ether oxygens (including phenoxy) is 1. The van der Waals surface area contributed by atoms with Crippen molar-refractivity contribution in [2.45, 2.75) is 49.7 Å². The van der Waals surface area contributed by atoms with Crippen LogP contribution in [-0.4, -0.2) is 46.3 Å². The van der Waals surface area contributed by atoms with Crippen LogP contribution in [0.4, 0.5) is 15.9 Å². The van der Waals surface area contributed by atoms with Crippen molar-refractivity contribution in [3.05, 3.63) is 48.2 Å². The lowest BCUT2D eigenvalue weighted by atomic mass is 9.87. The molecule has 9 nitrogen and oxygen atoms in total. The van der Waals surface area contributed by atoms with Gasteiger partial charge in [0, 0.05) is 17.3 Å². The monoisotopic (exact) mass is 486 g/mol. The van der Waals surface area contributed by atoms with Crippen LogP contribution >= 0.6 is 0 Å². The number of nitrogens with zero attached hydrogens (tertiary/aromatic N) is 4. The number of aliphatic imine (C=N–C) groups is 1. The number of hydrogen-bond acceptors (Lipinski definition) is 9. The molecule has 0 unspecified atom stereocenters. The molecule has 0 fully saturated rings. The third kappa shape index (κ3) is 3.46. The fourth-order valence-electron chi connectivity index (χ4n) is 4.22. The molecule has 1 aromatic carbocycles. The van der Waals surface area contributed by atoms with Crippen LogP contribution in [0.25, 0.3) is 11.0 Å². The molecule has 3 N–H and O–H groups in total. The van der Waals surface area contributed by atoms with Gasteiger partial charge < -0.3 is 15.8 Å². The number of pyridine rings is 1. The molecule has 3 aromatic rings. The summed E-state index contributed by atoms with van der Waals surface area (Å²) < 4.78 is 45.8. The Hall–Kier alpha value is -3.34. The van der Waals surface area contributed by atoms with E-state index in [1.54, 1.807) is 40.0 Å². The molecule has 0 amide bonds. The Morgan fingerprint density at radius 3 is 2.62 bits per heavy atom. The number of amidine groups is 1. The Bertz CT molecular complexity index is 1410. The van der Waals surface area contributed by atoms with E-state index in [0.29, 0.717) is 28.3 Å². The highest BCUT2D eigenvalue weighted by molar-refractivity contribution is 7.94. The molecule has 2 aromatic heterocycles. The Morgan fingerprint density at radius 1 is 1.21 bits per heavy atom. The van der Waals surface area contributed by atoms with Crippen molar-refractivity contribution in [2.75, 3.05) is 12.4 Å². The van der Waals surface area contributed by atoms with Gasteiger partial charge >= 0.3 is 0 Å². The lowest BCUT2D eigenvalue weighted by Crippen LogP contribution is -2.60. The quantitative estimate of drug-likeness (QED) is 0.560. The second-order valence-electron chi connectivity index (χ2n) is 8.70. The Labute approximate surface area is 197 Å². The van der Waals surface area contributed by atoms with Crippen LogP contribution in [0.5, 0.6) is 5.75 Å². The first-order chi connectivity index (χ1) is 16.0. The van der Waals surface area contributed by atoms with Crippen molar-refractivity contribution in [2.24, 2.45) is 10.7 Å². The van der Waals surface area contributed by atoms with Gasteiger partial charge in [-0.3, -0.25) is 4.99 Å². The number of rotatable bonds is 5. The first kappa shape index (κ1) is 23.8. The van der Waals surface area contributed by atoms with Gasteiger partial charge in [-0.2, -0.15) is 0 Å². The van der Waals surface area contributed by atoms with E-state index in [2.05, 4.69) is 25.3 Å². The summed E-state index contributed by atoms with van der Waals surface area (Å²) in [7, 11) is -2.23. The van der Waals surface area contributed by atoms with Crippen molar-refractivity contribution < 1.29 is 17.5 Å². The molecular formula is C23H27FN6O3S. The SMILES string of the molecule is CC[C@]1(C)C(N)=N[C@](C)(c2cc(Nc3ncnc4cc(OC)cnc34)ccc2F)[C@H](C)S1(=O)=O. The summed E-state index contributed by atoms with van der Waals surface area (Å²) in [5.41, 5.74) is 6.41. The average Bonchev–Trinajstić information content (AvgIpc) is 2.82. The smallest absolute Gasteiger partial charge is 0.168 e. The molecule has 3 heterocycles. The maximum absolute atomic E-state index is 15.1. The summed E-state index contributed by atoms with van der Waals surface area (Å²) >= 11 is 0. The predicted molar refractivity (Wildman–Crippen MR) is 130 cm³/mol. The zero-order valence-corrected chi connectivity index (χ0v) is 20.4. The van der Waals surface area contributed by atoms with E-state index in [-0.39, 0.29) is 17.8 Å². The highest BCUT2D eigenvalue weighted by atomic mass is 32.2. The molecule has 0 radical (unpaired) electrons.